The first kappa shape index (κ1) is 20.1. The van der Waals surface area contributed by atoms with Crippen molar-refractivity contribution in [3.05, 3.63) is 59.7 Å². The summed E-state index contributed by atoms with van der Waals surface area (Å²) in [5, 5.41) is 0. The van der Waals surface area contributed by atoms with Crippen LogP contribution in [0.4, 0.5) is 11.4 Å². The van der Waals surface area contributed by atoms with Gasteiger partial charge in [0.25, 0.3) is 5.91 Å². The van der Waals surface area contributed by atoms with Gasteiger partial charge >= 0.3 is 0 Å². The van der Waals surface area contributed by atoms with Crippen LogP contribution in [-0.2, 0) is 20.9 Å². The van der Waals surface area contributed by atoms with Crippen LogP contribution in [0.5, 0.6) is 0 Å². The lowest BCUT2D eigenvalue weighted by molar-refractivity contribution is -0.121. The van der Waals surface area contributed by atoms with Gasteiger partial charge in [0.05, 0.1) is 18.9 Å². The number of amides is 3. The molecule has 30 heavy (non-hydrogen) atoms. The van der Waals surface area contributed by atoms with Crippen LogP contribution in [0.3, 0.4) is 0 Å². The predicted octanol–water partition coefficient (Wildman–Crippen LogP) is 2.45. The van der Waals surface area contributed by atoms with Crippen LogP contribution in [0.2, 0.25) is 0 Å². The molecule has 0 aromatic heterocycles. The Morgan fingerprint density at radius 3 is 2.07 bits per heavy atom. The fourth-order valence-electron chi connectivity index (χ4n) is 3.82. The molecule has 0 saturated carbocycles. The molecule has 7 nitrogen and oxygen atoms in total. The van der Waals surface area contributed by atoms with Crippen molar-refractivity contribution in [3.63, 3.8) is 0 Å². The maximum atomic E-state index is 12.8. The van der Waals surface area contributed by atoms with Gasteiger partial charge in [0.1, 0.15) is 0 Å². The zero-order valence-electron chi connectivity index (χ0n) is 17.0. The Hall–Kier alpha value is -3.19. The zero-order chi connectivity index (χ0) is 21.1. The van der Waals surface area contributed by atoms with Crippen molar-refractivity contribution in [2.75, 3.05) is 43.2 Å². The second-order valence-corrected chi connectivity index (χ2v) is 7.60. The molecule has 7 heteroatoms. The van der Waals surface area contributed by atoms with E-state index in [0.29, 0.717) is 17.8 Å². The fraction of sp³-hybridized carbons (Fsp3) is 0.348. The molecule has 0 N–H and O–H groups in total. The number of ether oxygens (including phenoxy) is 1. The second kappa shape index (κ2) is 8.67. The molecule has 2 aliphatic rings. The number of imide groups is 1. The highest BCUT2D eigenvalue weighted by Crippen LogP contribution is 2.23. The summed E-state index contributed by atoms with van der Waals surface area (Å²) in [6.45, 7) is 3.77. The quantitative estimate of drug-likeness (QED) is 0.712. The minimum absolute atomic E-state index is 0.113. The van der Waals surface area contributed by atoms with E-state index in [1.165, 1.54) is 4.90 Å². The number of rotatable bonds is 5. The Morgan fingerprint density at radius 1 is 0.900 bits per heavy atom. The van der Waals surface area contributed by atoms with Gasteiger partial charge in [-0.25, -0.2) is 0 Å². The number of carbonyl (C=O) groups is 3. The molecule has 2 aliphatic heterocycles. The van der Waals surface area contributed by atoms with Gasteiger partial charge in [0.15, 0.2) is 0 Å². The predicted molar refractivity (Wildman–Crippen MR) is 113 cm³/mol. The van der Waals surface area contributed by atoms with Gasteiger partial charge in [0, 0.05) is 50.8 Å². The third-order valence-electron chi connectivity index (χ3n) is 5.50. The van der Waals surface area contributed by atoms with E-state index < -0.39 is 0 Å². The van der Waals surface area contributed by atoms with Crippen molar-refractivity contribution in [3.8, 4) is 0 Å². The summed E-state index contributed by atoms with van der Waals surface area (Å²) in [4.78, 5) is 41.6. The monoisotopic (exact) mass is 407 g/mol. The molecule has 4 rings (SSSR count). The molecule has 0 atom stereocenters. The van der Waals surface area contributed by atoms with Crippen LogP contribution >= 0.6 is 0 Å². The molecule has 0 unspecified atom stereocenters. The summed E-state index contributed by atoms with van der Waals surface area (Å²) in [5.74, 6) is -0.508. The van der Waals surface area contributed by atoms with Crippen molar-refractivity contribution in [2.45, 2.75) is 19.4 Å². The molecule has 2 heterocycles. The highest BCUT2D eigenvalue weighted by atomic mass is 16.5. The lowest BCUT2D eigenvalue weighted by atomic mass is 10.1. The van der Waals surface area contributed by atoms with E-state index in [-0.39, 0.29) is 30.6 Å². The Bertz CT molecular complexity index is 918. The number of hydrogen-bond acceptors (Lipinski definition) is 5. The summed E-state index contributed by atoms with van der Waals surface area (Å²) in [5.41, 5.74) is 3.25. The summed E-state index contributed by atoms with van der Waals surface area (Å²) < 4.78 is 5.39. The molecular weight excluding hydrogens is 382 g/mol. The molecular formula is C23H25N3O4. The van der Waals surface area contributed by atoms with E-state index in [0.717, 1.165) is 37.6 Å². The lowest BCUT2D eigenvalue weighted by Gasteiger charge is -2.29. The standard InChI is InChI=1S/C23H25N3O4/c1-24(16-17-2-6-19(7-3-17)25-12-14-30-15-13-25)23(29)18-4-8-20(9-5-18)26-21(27)10-11-22(26)28/h2-9H,10-16H2,1H3. The highest BCUT2D eigenvalue weighted by molar-refractivity contribution is 6.19. The van der Waals surface area contributed by atoms with Crippen molar-refractivity contribution in [1.29, 1.82) is 0 Å². The van der Waals surface area contributed by atoms with E-state index >= 15 is 0 Å². The molecule has 2 aromatic rings. The minimum Gasteiger partial charge on any atom is -0.378 e. The molecule has 3 amide bonds. The molecule has 0 spiro atoms. The van der Waals surface area contributed by atoms with Crippen molar-refractivity contribution >= 4 is 29.1 Å². The number of nitrogens with zero attached hydrogens (tertiary/aromatic N) is 3. The van der Waals surface area contributed by atoms with E-state index in [1.807, 2.05) is 12.1 Å². The van der Waals surface area contributed by atoms with Gasteiger partial charge in [0.2, 0.25) is 11.8 Å². The Kier molecular flexibility index (Phi) is 5.81. The third-order valence-corrected chi connectivity index (χ3v) is 5.50. The minimum atomic E-state index is -0.197. The summed E-state index contributed by atoms with van der Waals surface area (Å²) in [7, 11) is 1.76. The van der Waals surface area contributed by atoms with E-state index in [4.69, 9.17) is 4.74 Å². The summed E-state index contributed by atoms with van der Waals surface area (Å²) in [6, 6.07) is 14.9. The maximum Gasteiger partial charge on any atom is 0.253 e. The van der Waals surface area contributed by atoms with Crippen molar-refractivity contribution < 1.29 is 19.1 Å². The molecule has 0 aliphatic carbocycles. The first-order valence-electron chi connectivity index (χ1n) is 10.2. The fourth-order valence-corrected chi connectivity index (χ4v) is 3.82. The molecule has 2 fully saturated rings. The molecule has 156 valence electrons. The normalized spacial score (nSPS) is 16.8. The maximum absolute atomic E-state index is 12.8. The first-order chi connectivity index (χ1) is 14.5. The number of morpholine rings is 1. The number of carbonyl (C=O) groups excluding carboxylic acids is 3. The first-order valence-corrected chi connectivity index (χ1v) is 10.2. The van der Waals surface area contributed by atoms with E-state index in [9.17, 15) is 14.4 Å². The van der Waals surface area contributed by atoms with Gasteiger partial charge in [-0.1, -0.05) is 12.1 Å². The van der Waals surface area contributed by atoms with Gasteiger partial charge in [-0.05, 0) is 42.0 Å². The summed E-state index contributed by atoms with van der Waals surface area (Å²) >= 11 is 0. The molecule has 0 radical (unpaired) electrons. The highest BCUT2D eigenvalue weighted by Gasteiger charge is 2.30. The second-order valence-electron chi connectivity index (χ2n) is 7.60. The smallest absolute Gasteiger partial charge is 0.253 e. The average molecular weight is 407 g/mol. The zero-order valence-corrected chi connectivity index (χ0v) is 17.0. The average Bonchev–Trinajstić information content (AvgIpc) is 3.12. The van der Waals surface area contributed by atoms with Gasteiger partial charge in [-0.3, -0.25) is 19.3 Å². The number of benzene rings is 2. The van der Waals surface area contributed by atoms with Crippen molar-refractivity contribution in [2.24, 2.45) is 0 Å². The largest absolute Gasteiger partial charge is 0.378 e. The SMILES string of the molecule is CN(Cc1ccc(N2CCOCC2)cc1)C(=O)c1ccc(N2C(=O)CCC2=O)cc1. The van der Waals surface area contributed by atoms with Gasteiger partial charge in [-0.15, -0.1) is 0 Å². The number of anilines is 2. The van der Waals surface area contributed by atoms with E-state index in [2.05, 4.69) is 17.0 Å². The van der Waals surface area contributed by atoms with Crippen LogP contribution in [-0.4, -0.2) is 56.0 Å². The Balaban J connectivity index is 1.38. The van der Waals surface area contributed by atoms with E-state index in [1.54, 1.807) is 36.2 Å². The van der Waals surface area contributed by atoms with Crippen LogP contribution in [0, 0.1) is 0 Å². The van der Waals surface area contributed by atoms with Crippen LogP contribution in [0.1, 0.15) is 28.8 Å². The van der Waals surface area contributed by atoms with Gasteiger partial charge < -0.3 is 14.5 Å². The Labute approximate surface area is 175 Å². The Morgan fingerprint density at radius 2 is 1.47 bits per heavy atom. The van der Waals surface area contributed by atoms with Crippen LogP contribution in [0.25, 0.3) is 0 Å². The molecule has 0 bridgehead atoms. The molecule has 2 saturated heterocycles. The molecule has 2 aromatic carbocycles. The topological polar surface area (TPSA) is 70.2 Å². The number of hydrogen-bond donors (Lipinski definition) is 0. The summed E-state index contributed by atoms with van der Waals surface area (Å²) in [6.07, 6.45) is 0.485. The van der Waals surface area contributed by atoms with Crippen molar-refractivity contribution in [1.82, 2.24) is 4.90 Å². The lowest BCUT2D eigenvalue weighted by Crippen LogP contribution is -2.36. The third kappa shape index (κ3) is 4.21. The van der Waals surface area contributed by atoms with Crippen LogP contribution < -0.4 is 9.80 Å². The van der Waals surface area contributed by atoms with Gasteiger partial charge in [-0.2, -0.15) is 0 Å². The van der Waals surface area contributed by atoms with Crippen LogP contribution in [0.15, 0.2) is 48.5 Å².